The maximum absolute atomic E-state index is 11.3. The van der Waals surface area contributed by atoms with E-state index in [1.165, 1.54) is 0 Å². The van der Waals surface area contributed by atoms with Gasteiger partial charge in [-0.1, -0.05) is 23.2 Å². The number of hydrogen-bond acceptors (Lipinski definition) is 3. The molecule has 1 rings (SSSR count). The monoisotopic (exact) mass is 333 g/mol. The molecular formula is C15H21Cl2NO3. The molecule has 0 fully saturated rings. The fourth-order valence-corrected chi connectivity index (χ4v) is 2.07. The van der Waals surface area contributed by atoms with Gasteiger partial charge in [0, 0.05) is 17.1 Å². The van der Waals surface area contributed by atoms with Crippen molar-refractivity contribution >= 4 is 29.2 Å². The predicted molar refractivity (Wildman–Crippen MR) is 85.5 cm³/mol. The number of carbonyl (C=O) groups is 1. The van der Waals surface area contributed by atoms with Crippen molar-refractivity contribution in [1.82, 2.24) is 5.32 Å². The predicted octanol–water partition coefficient (Wildman–Crippen LogP) is 3.85. The van der Waals surface area contributed by atoms with E-state index in [1.54, 1.807) is 32.0 Å². The summed E-state index contributed by atoms with van der Waals surface area (Å²) in [6.45, 7) is 7.98. The molecule has 0 aliphatic carbocycles. The third kappa shape index (κ3) is 4.50. The molecule has 21 heavy (non-hydrogen) atoms. The Labute approximate surface area is 135 Å². The van der Waals surface area contributed by atoms with Gasteiger partial charge in [0.05, 0.1) is 10.4 Å². The normalized spacial score (nSPS) is 12.3. The number of carboxylic acid groups (broad SMARTS) is 1. The maximum Gasteiger partial charge on any atom is 0.310 e. The molecular weight excluding hydrogens is 313 g/mol. The van der Waals surface area contributed by atoms with E-state index in [2.05, 4.69) is 5.32 Å². The molecule has 0 spiro atoms. The van der Waals surface area contributed by atoms with Gasteiger partial charge < -0.3 is 15.2 Å². The first kappa shape index (κ1) is 18.1. The molecule has 0 heterocycles. The number of halogens is 2. The molecule has 118 valence electrons. The summed E-state index contributed by atoms with van der Waals surface area (Å²) in [6, 6.07) is 5.02. The molecule has 1 aromatic rings. The van der Waals surface area contributed by atoms with Gasteiger partial charge in [-0.3, -0.25) is 4.79 Å². The quantitative estimate of drug-likeness (QED) is 0.744. The van der Waals surface area contributed by atoms with Crippen LogP contribution in [0.4, 0.5) is 0 Å². The molecule has 0 aliphatic rings. The van der Waals surface area contributed by atoms with Gasteiger partial charge >= 0.3 is 5.97 Å². The first-order chi connectivity index (χ1) is 9.58. The molecule has 0 saturated heterocycles. The van der Waals surface area contributed by atoms with E-state index in [0.29, 0.717) is 28.9 Å². The Morgan fingerprint density at radius 3 is 2.43 bits per heavy atom. The number of benzene rings is 1. The fraction of sp³-hybridized carbons (Fsp3) is 0.533. The van der Waals surface area contributed by atoms with Crippen LogP contribution in [0.25, 0.3) is 0 Å². The number of hydrogen-bond donors (Lipinski definition) is 2. The average molecular weight is 334 g/mol. The zero-order valence-corrected chi connectivity index (χ0v) is 14.2. The zero-order valence-electron chi connectivity index (χ0n) is 12.7. The number of carboxylic acids is 1. The molecule has 0 amide bonds. The smallest absolute Gasteiger partial charge is 0.310 e. The van der Waals surface area contributed by atoms with E-state index < -0.39 is 16.9 Å². The van der Waals surface area contributed by atoms with Crippen molar-refractivity contribution in [3.63, 3.8) is 0 Å². The van der Waals surface area contributed by atoms with Crippen LogP contribution >= 0.6 is 23.2 Å². The van der Waals surface area contributed by atoms with E-state index in [9.17, 15) is 9.90 Å². The lowest BCUT2D eigenvalue weighted by Gasteiger charge is -2.39. The minimum absolute atomic E-state index is 0.375. The number of ether oxygens (including phenoxy) is 1. The minimum Gasteiger partial charge on any atom is -0.491 e. The summed E-state index contributed by atoms with van der Waals surface area (Å²) in [5, 5.41) is 13.5. The van der Waals surface area contributed by atoms with Gasteiger partial charge in [-0.2, -0.15) is 0 Å². The number of aliphatic carboxylic acids is 1. The van der Waals surface area contributed by atoms with Crippen LogP contribution in [0.2, 0.25) is 10.0 Å². The van der Waals surface area contributed by atoms with Crippen LogP contribution in [-0.2, 0) is 4.79 Å². The van der Waals surface area contributed by atoms with E-state index >= 15 is 0 Å². The molecule has 0 atom stereocenters. The molecule has 0 unspecified atom stereocenters. The lowest BCUT2D eigenvalue weighted by molar-refractivity contribution is -0.151. The summed E-state index contributed by atoms with van der Waals surface area (Å²) >= 11 is 11.8. The molecule has 0 saturated carbocycles. The van der Waals surface area contributed by atoms with Crippen molar-refractivity contribution in [3.8, 4) is 5.75 Å². The summed E-state index contributed by atoms with van der Waals surface area (Å²) in [5.74, 6) is -0.292. The van der Waals surface area contributed by atoms with Crippen molar-refractivity contribution < 1.29 is 14.6 Å². The van der Waals surface area contributed by atoms with Crippen molar-refractivity contribution in [2.45, 2.75) is 33.2 Å². The van der Waals surface area contributed by atoms with Gasteiger partial charge in [-0.05, 0) is 45.9 Å². The van der Waals surface area contributed by atoms with Gasteiger partial charge in [0.25, 0.3) is 0 Å². The maximum atomic E-state index is 11.3. The second-order valence-corrected chi connectivity index (χ2v) is 6.75. The topological polar surface area (TPSA) is 58.6 Å². The van der Waals surface area contributed by atoms with Crippen LogP contribution in [-0.4, -0.2) is 29.8 Å². The van der Waals surface area contributed by atoms with Crippen molar-refractivity contribution in [3.05, 3.63) is 28.2 Å². The summed E-state index contributed by atoms with van der Waals surface area (Å²) in [6.07, 6.45) is 0. The minimum atomic E-state index is -0.898. The standard InChI is InChI=1S/C15H21Cl2NO3/c1-14(2,13(19)20)15(3,4)18-7-8-21-12-6-5-10(16)9-11(12)17/h5-6,9,18H,7-8H2,1-4H3,(H,19,20). The zero-order chi connectivity index (χ0) is 16.3. The summed E-state index contributed by atoms with van der Waals surface area (Å²) in [7, 11) is 0. The van der Waals surface area contributed by atoms with Gasteiger partial charge in [0.15, 0.2) is 0 Å². The van der Waals surface area contributed by atoms with E-state index in [-0.39, 0.29) is 0 Å². The number of rotatable bonds is 7. The molecule has 4 nitrogen and oxygen atoms in total. The molecule has 0 radical (unpaired) electrons. The Morgan fingerprint density at radius 1 is 1.29 bits per heavy atom. The van der Waals surface area contributed by atoms with Gasteiger partial charge in [-0.15, -0.1) is 0 Å². The molecule has 0 aliphatic heterocycles. The first-order valence-electron chi connectivity index (χ1n) is 6.64. The summed E-state index contributed by atoms with van der Waals surface area (Å²) in [5.41, 5.74) is -1.48. The van der Waals surface area contributed by atoms with Crippen LogP contribution in [0.5, 0.6) is 5.75 Å². The van der Waals surface area contributed by atoms with Gasteiger partial charge in [-0.25, -0.2) is 0 Å². The van der Waals surface area contributed by atoms with Crippen molar-refractivity contribution in [2.75, 3.05) is 13.2 Å². The average Bonchev–Trinajstić information content (AvgIpc) is 2.36. The first-order valence-corrected chi connectivity index (χ1v) is 7.40. The highest BCUT2D eigenvalue weighted by Crippen LogP contribution is 2.31. The van der Waals surface area contributed by atoms with Crippen molar-refractivity contribution in [1.29, 1.82) is 0 Å². The Morgan fingerprint density at radius 2 is 1.90 bits per heavy atom. The highest BCUT2D eigenvalue weighted by molar-refractivity contribution is 6.35. The summed E-state index contributed by atoms with van der Waals surface area (Å²) in [4.78, 5) is 11.3. The van der Waals surface area contributed by atoms with Gasteiger partial charge in [0.2, 0.25) is 0 Å². The Hall–Kier alpha value is -0.970. The van der Waals surface area contributed by atoms with Crippen LogP contribution in [0, 0.1) is 5.41 Å². The third-order valence-electron chi connectivity index (χ3n) is 3.92. The lowest BCUT2D eigenvalue weighted by atomic mass is 9.74. The molecule has 6 heteroatoms. The highest BCUT2D eigenvalue weighted by Gasteiger charge is 2.42. The Balaban J connectivity index is 2.52. The second-order valence-electron chi connectivity index (χ2n) is 5.91. The summed E-state index contributed by atoms with van der Waals surface area (Å²) < 4.78 is 5.56. The number of nitrogens with one attached hydrogen (secondary N) is 1. The molecule has 1 aromatic carbocycles. The van der Waals surface area contributed by atoms with Crippen LogP contribution < -0.4 is 10.1 Å². The van der Waals surface area contributed by atoms with Crippen molar-refractivity contribution in [2.24, 2.45) is 5.41 Å². The Kier molecular flexibility index (Phi) is 5.91. The largest absolute Gasteiger partial charge is 0.491 e. The molecule has 0 bridgehead atoms. The van der Waals surface area contributed by atoms with Crippen LogP contribution in [0.3, 0.4) is 0 Å². The molecule has 2 N–H and O–H groups in total. The highest BCUT2D eigenvalue weighted by atomic mass is 35.5. The van der Waals surface area contributed by atoms with E-state index in [0.717, 1.165) is 0 Å². The molecule has 0 aromatic heterocycles. The van der Waals surface area contributed by atoms with Gasteiger partial charge in [0.1, 0.15) is 12.4 Å². The Bertz CT molecular complexity index is 516. The fourth-order valence-electron chi connectivity index (χ4n) is 1.61. The third-order valence-corrected chi connectivity index (χ3v) is 4.45. The van der Waals surface area contributed by atoms with Crippen LogP contribution in [0.1, 0.15) is 27.7 Å². The second kappa shape index (κ2) is 6.86. The van der Waals surface area contributed by atoms with Crippen LogP contribution in [0.15, 0.2) is 18.2 Å². The van der Waals surface area contributed by atoms with E-state index in [1.807, 2.05) is 13.8 Å². The SMILES string of the molecule is CC(C)(NCCOc1ccc(Cl)cc1Cl)C(C)(C)C(=O)O. The lowest BCUT2D eigenvalue weighted by Crippen LogP contribution is -2.55. The van der Waals surface area contributed by atoms with E-state index in [4.69, 9.17) is 27.9 Å².